The zero-order chi connectivity index (χ0) is 10.6. The van der Waals surface area contributed by atoms with E-state index in [1.54, 1.807) is 0 Å². The Labute approximate surface area is 85.8 Å². The summed E-state index contributed by atoms with van der Waals surface area (Å²) in [6.07, 6.45) is 4.05. The second-order valence-electron chi connectivity index (χ2n) is 3.59. The molecular weight excluding hydrogens is 196 g/mol. The predicted octanol–water partition coefficient (Wildman–Crippen LogP) is 1.90. The fraction of sp³-hybridized carbons (Fsp3) is 0.364. The van der Waals surface area contributed by atoms with Crippen molar-refractivity contribution in [3.8, 4) is 0 Å². The molecule has 0 spiro atoms. The van der Waals surface area contributed by atoms with Gasteiger partial charge in [-0.1, -0.05) is 34.5 Å². The summed E-state index contributed by atoms with van der Waals surface area (Å²) in [4.78, 5) is 11.4. The quantitative estimate of drug-likeness (QED) is 0.716. The molecule has 0 aromatic heterocycles. The van der Waals surface area contributed by atoms with Gasteiger partial charge in [-0.05, 0) is 12.0 Å². The summed E-state index contributed by atoms with van der Waals surface area (Å²) in [5.74, 6) is 0. The Kier molecular flexibility index (Phi) is 3.58. The molecule has 1 aromatic carbocycles. The molecule has 0 atom stereocenters. The molecule has 1 aromatic rings. The highest BCUT2D eigenvalue weighted by Gasteiger charge is 2.24. The van der Waals surface area contributed by atoms with E-state index < -0.39 is 9.93 Å². The van der Waals surface area contributed by atoms with E-state index in [1.165, 1.54) is 12.5 Å². The first-order valence-electron chi connectivity index (χ1n) is 4.51. The van der Waals surface area contributed by atoms with Gasteiger partial charge in [0.05, 0.1) is 6.42 Å². The number of carbonyl (C=O) groups is 1. The first-order valence-corrected chi connectivity index (χ1v) is 6.88. The maximum Gasteiger partial charge on any atom is 0.333 e. The highest BCUT2D eigenvalue weighted by atomic mass is 32.2. The van der Waals surface area contributed by atoms with Crippen molar-refractivity contribution < 1.29 is 9.00 Å². The zero-order valence-corrected chi connectivity index (χ0v) is 9.34. The fourth-order valence-electron chi connectivity index (χ4n) is 1.14. The van der Waals surface area contributed by atoms with E-state index in [0.717, 1.165) is 5.56 Å². The summed E-state index contributed by atoms with van der Waals surface area (Å²) in [5.41, 5.74) is 1.12. The van der Waals surface area contributed by atoms with Gasteiger partial charge in [-0.2, -0.15) is 0 Å². The minimum Gasteiger partial charge on any atom is -0.238 e. The van der Waals surface area contributed by atoms with Crippen LogP contribution in [0.5, 0.6) is 0 Å². The molecule has 3 heteroatoms. The van der Waals surface area contributed by atoms with Gasteiger partial charge in [0.25, 0.3) is 0 Å². The molecule has 0 saturated heterocycles. The van der Waals surface area contributed by atoms with Gasteiger partial charge in [-0.3, -0.25) is 0 Å². The summed E-state index contributed by atoms with van der Waals surface area (Å²) in [6, 6.07) is 9.76. The Morgan fingerprint density at radius 2 is 1.79 bits per heavy atom. The van der Waals surface area contributed by atoms with Gasteiger partial charge < -0.3 is 0 Å². The number of hydrogen-bond acceptors (Lipinski definition) is 2. The van der Waals surface area contributed by atoms with E-state index >= 15 is 0 Å². The Morgan fingerprint density at radius 1 is 1.21 bits per heavy atom. The highest BCUT2D eigenvalue weighted by Crippen LogP contribution is 2.07. The predicted molar refractivity (Wildman–Crippen MR) is 59.7 cm³/mol. The molecule has 0 saturated carbocycles. The molecule has 2 nitrogen and oxygen atoms in total. The Bertz CT molecular complexity index is 351. The molecule has 0 fully saturated rings. The van der Waals surface area contributed by atoms with Crippen LogP contribution in [0.25, 0.3) is 0 Å². The third-order valence-electron chi connectivity index (χ3n) is 2.01. The van der Waals surface area contributed by atoms with Crippen molar-refractivity contribution in [2.45, 2.75) is 12.8 Å². The van der Waals surface area contributed by atoms with Gasteiger partial charge in [0.1, 0.15) is 22.4 Å². The maximum atomic E-state index is 11.4. The molecule has 14 heavy (non-hydrogen) atoms. The average molecular weight is 211 g/mol. The molecule has 0 bridgehead atoms. The van der Waals surface area contributed by atoms with Crippen molar-refractivity contribution in [3.63, 3.8) is 0 Å². The lowest BCUT2D eigenvalue weighted by molar-refractivity contribution is -0.111. The third kappa shape index (κ3) is 3.42. The topological polar surface area (TPSA) is 34.1 Å². The van der Waals surface area contributed by atoms with E-state index in [2.05, 4.69) is 0 Å². The van der Waals surface area contributed by atoms with Gasteiger partial charge in [-0.15, -0.1) is 0 Å². The number of carbonyl (C=O) groups excluding carboxylic acids is 1. The monoisotopic (exact) mass is 211 g/mol. The normalized spacial score (nSPS) is 11.3. The second kappa shape index (κ2) is 4.51. The van der Waals surface area contributed by atoms with Gasteiger partial charge in [0.15, 0.2) is 0 Å². The van der Waals surface area contributed by atoms with Crippen LogP contribution < -0.4 is 0 Å². The van der Waals surface area contributed by atoms with Crippen LogP contribution in [0.3, 0.4) is 0 Å². The summed E-state index contributed by atoms with van der Waals surface area (Å²) in [5, 5.41) is -0.138. The molecule has 0 aliphatic heterocycles. The number of hydrogen-bond donors (Lipinski definition) is 0. The minimum absolute atomic E-state index is 0.138. The van der Waals surface area contributed by atoms with Gasteiger partial charge in [-0.25, -0.2) is 4.79 Å². The Hall–Kier alpha value is -0.960. The van der Waals surface area contributed by atoms with E-state index in [9.17, 15) is 9.00 Å². The summed E-state index contributed by atoms with van der Waals surface area (Å²) in [6.45, 7) is 0. The molecule has 0 heterocycles. The van der Waals surface area contributed by atoms with E-state index in [-0.39, 0.29) is 5.12 Å². The van der Waals surface area contributed by atoms with Gasteiger partial charge >= 0.3 is 5.12 Å². The first-order chi connectivity index (χ1) is 6.50. The molecular formula is C11H15O2S+. The molecule has 0 aliphatic rings. The summed E-state index contributed by atoms with van der Waals surface area (Å²) >= 11 is 0. The highest BCUT2D eigenvalue weighted by molar-refractivity contribution is 8.15. The standard InChI is InChI=1S/C11H15O2S/c1-14(2,13)11(12)9-8-10-6-4-3-5-7-10/h3-7H,8-9H2,1-2H3/q+1. The smallest absolute Gasteiger partial charge is 0.238 e. The van der Waals surface area contributed by atoms with Crippen LogP contribution in [0.1, 0.15) is 12.0 Å². The van der Waals surface area contributed by atoms with E-state index in [0.29, 0.717) is 12.8 Å². The summed E-state index contributed by atoms with van der Waals surface area (Å²) in [7, 11) is -2.26. The molecule has 0 radical (unpaired) electrons. The first kappa shape index (κ1) is 11.1. The molecule has 1 rings (SSSR count). The van der Waals surface area contributed by atoms with Crippen molar-refractivity contribution >= 4 is 15.0 Å². The Morgan fingerprint density at radius 3 is 2.29 bits per heavy atom. The summed E-state index contributed by atoms with van der Waals surface area (Å²) < 4.78 is 11.4. The molecule has 0 aliphatic carbocycles. The second-order valence-corrected chi connectivity index (χ2v) is 6.51. The van der Waals surface area contributed by atoms with Crippen LogP contribution in [-0.2, 0) is 25.4 Å². The van der Waals surface area contributed by atoms with Gasteiger partial charge in [0, 0.05) is 0 Å². The van der Waals surface area contributed by atoms with E-state index in [1.807, 2.05) is 30.3 Å². The van der Waals surface area contributed by atoms with Crippen molar-refractivity contribution in [1.82, 2.24) is 0 Å². The number of rotatable bonds is 3. The van der Waals surface area contributed by atoms with Crippen molar-refractivity contribution in [1.29, 1.82) is 0 Å². The van der Waals surface area contributed by atoms with Crippen molar-refractivity contribution in [3.05, 3.63) is 35.9 Å². The van der Waals surface area contributed by atoms with Crippen LogP contribution in [0, 0.1) is 0 Å². The van der Waals surface area contributed by atoms with Crippen LogP contribution in [0.15, 0.2) is 30.3 Å². The van der Waals surface area contributed by atoms with Crippen LogP contribution in [0.4, 0.5) is 0 Å². The zero-order valence-electron chi connectivity index (χ0n) is 8.53. The number of benzene rings is 1. The van der Waals surface area contributed by atoms with Gasteiger partial charge in [0.2, 0.25) is 0 Å². The van der Waals surface area contributed by atoms with Crippen LogP contribution in [-0.4, -0.2) is 17.6 Å². The third-order valence-corrected chi connectivity index (χ3v) is 3.31. The average Bonchev–Trinajstić information content (AvgIpc) is 2.14. The van der Waals surface area contributed by atoms with Crippen LogP contribution in [0.2, 0.25) is 0 Å². The molecule has 76 valence electrons. The lowest BCUT2D eigenvalue weighted by Crippen LogP contribution is -2.19. The minimum atomic E-state index is -2.26. The van der Waals surface area contributed by atoms with Crippen LogP contribution >= 0.6 is 0 Å². The Balaban J connectivity index is 2.51. The SMILES string of the molecule is C[S+](C)(=O)C(=O)CCc1ccccc1. The molecule has 0 N–H and O–H groups in total. The van der Waals surface area contributed by atoms with Crippen molar-refractivity contribution in [2.24, 2.45) is 0 Å². The lowest BCUT2D eigenvalue weighted by atomic mass is 10.1. The fourth-order valence-corrected chi connectivity index (χ4v) is 1.73. The molecule has 0 amide bonds. The maximum absolute atomic E-state index is 11.4. The molecule has 0 unspecified atom stereocenters. The lowest BCUT2D eigenvalue weighted by Gasteiger charge is -1.99. The number of aryl methyl sites for hydroxylation is 1. The van der Waals surface area contributed by atoms with E-state index in [4.69, 9.17) is 0 Å². The van der Waals surface area contributed by atoms with Crippen molar-refractivity contribution in [2.75, 3.05) is 12.5 Å². The largest absolute Gasteiger partial charge is 0.333 e.